The Hall–Kier alpha value is -1.35. The zero-order chi connectivity index (χ0) is 14.0. The summed E-state index contributed by atoms with van der Waals surface area (Å²) in [5, 5.41) is 20.8. The maximum absolute atomic E-state index is 8.79. The molecule has 0 aromatic rings. The largest absolute Gasteiger partial charge is 0.411 e. The lowest BCUT2D eigenvalue weighted by molar-refractivity contribution is 0.318. The fraction of sp³-hybridized carbons (Fsp3) is 0.533. The molecule has 0 atom stereocenters. The Morgan fingerprint density at radius 1 is 1.06 bits per heavy atom. The molecule has 0 spiro atoms. The minimum Gasteiger partial charge on any atom is -0.411 e. The van der Waals surface area contributed by atoms with E-state index in [4.69, 9.17) is 10.3 Å². The molecule has 102 valence electrons. The molecule has 0 heterocycles. The van der Waals surface area contributed by atoms with Crippen molar-refractivity contribution in [1.82, 2.24) is 0 Å². The molecule has 0 amide bonds. The highest BCUT2D eigenvalue weighted by atomic mass is 16.4. The Morgan fingerprint density at radius 2 is 1.67 bits per heavy atom. The molecule has 3 nitrogen and oxygen atoms in total. The van der Waals surface area contributed by atoms with Gasteiger partial charge in [-0.05, 0) is 52.0 Å². The lowest BCUT2D eigenvalue weighted by Gasteiger charge is -2.04. The standard InChI is InChI=1S/C15H25NO2/c1-12(2)15(16-18)9-8-13(3)6-5-7-14(4)10-11-17/h6,10,17-18H,1,5,7-9,11H2,2-4H3/b13-6+,14-10+,16-15-. The predicted octanol–water partition coefficient (Wildman–Crippen LogP) is 3.84. The van der Waals surface area contributed by atoms with Gasteiger partial charge in [-0.2, -0.15) is 0 Å². The van der Waals surface area contributed by atoms with E-state index in [1.54, 1.807) is 0 Å². The number of nitrogens with zero attached hydrogens (tertiary/aromatic N) is 1. The third kappa shape index (κ3) is 7.85. The maximum Gasteiger partial charge on any atom is 0.0822 e. The SMILES string of the molecule is C=C(C)/C(CC/C(C)=C/CC/C(C)=C/CO)=N\O. The molecule has 0 aliphatic carbocycles. The van der Waals surface area contributed by atoms with Crippen molar-refractivity contribution >= 4 is 5.71 Å². The highest BCUT2D eigenvalue weighted by Gasteiger charge is 2.01. The molecular weight excluding hydrogens is 226 g/mol. The van der Waals surface area contributed by atoms with Gasteiger partial charge in [-0.25, -0.2) is 0 Å². The first kappa shape index (κ1) is 16.6. The van der Waals surface area contributed by atoms with Crippen LogP contribution in [0.15, 0.2) is 40.6 Å². The van der Waals surface area contributed by atoms with Crippen molar-refractivity contribution in [2.75, 3.05) is 6.61 Å². The van der Waals surface area contributed by atoms with Crippen LogP contribution in [0.1, 0.15) is 46.5 Å². The van der Waals surface area contributed by atoms with Crippen molar-refractivity contribution < 1.29 is 10.3 Å². The molecule has 0 bridgehead atoms. The summed E-state index contributed by atoms with van der Waals surface area (Å²) >= 11 is 0. The van der Waals surface area contributed by atoms with Crippen LogP contribution in [0.5, 0.6) is 0 Å². The molecule has 2 N–H and O–H groups in total. The smallest absolute Gasteiger partial charge is 0.0822 e. The lowest BCUT2D eigenvalue weighted by atomic mass is 10.0. The third-order valence-electron chi connectivity index (χ3n) is 2.84. The Balaban J connectivity index is 4.06. The van der Waals surface area contributed by atoms with Gasteiger partial charge in [0, 0.05) is 0 Å². The molecule has 0 fully saturated rings. The van der Waals surface area contributed by atoms with E-state index < -0.39 is 0 Å². The number of allylic oxidation sites excluding steroid dienone is 4. The number of aliphatic hydroxyl groups is 1. The summed E-state index contributed by atoms with van der Waals surface area (Å²) in [7, 11) is 0. The van der Waals surface area contributed by atoms with Crippen LogP contribution >= 0.6 is 0 Å². The molecular formula is C15H25NO2. The molecule has 18 heavy (non-hydrogen) atoms. The Kier molecular flexibility index (Phi) is 8.93. The molecule has 0 aromatic heterocycles. The highest BCUT2D eigenvalue weighted by molar-refractivity contribution is 5.98. The van der Waals surface area contributed by atoms with Gasteiger partial charge in [0.05, 0.1) is 12.3 Å². The van der Waals surface area contributed by atoms with E-state index in [2.05, 4.69) is 24.7 Å². The topological polar surface area (TPSA) is 52.8 Å². The predicted molar refractivity (Wildman–Crippen MR) is 77.1 cm³/mol. The number of hydrogen-bond acceptors (Lipinski definition) is 3. The Morgan fingerprint density at radius 3 is 2.17 bits per heavy atom. The quantitative estimate of drug-likeness (QED) is 0.298. The van der Waals surface area contributed by atoms with Crippen molar-refractivity contribution in [2.45, 2.75) is 46.5 Å². The van der Waals surface area contributed by atoms with Crippen molar-refractivity contribution in [1.29, 1.82) is 0 Å². The van der Waals surface area contributed by atoms with Crippen molar-refractivity contribution in [2.24, 2.45) is 5.16 Å². The monoisotopic (exact) mass is 251 g/mol. The van der Waals surface area contributed by atoms with E-state index >= 15 is 0 Å². The van der Waals surface area contributed by atoms with E-state index in [1.807, 2.05) is 19.9 Å². The van der Waals surface area contributed by atoms with E-state index in [1.165, 1.54) is 11.1 Å². The summed E-state index contributed by atoms with van der Waals surface area (Å²) < 4.78 is 0. The minimum absolute atomic E-state index is 0.115. The number of oxime groups is 1. The summed E-state index contributed by atoms with van der Waals surface area (Å²) in [6, 6.07) is 0. The van der Waals surface area contributed by atoms with Crippen LogP contribution in [0.2, 0.25) is 0 Å². The molecule has 0 unspecified atom stereocenters. The van der Waals surface area contributed by atoms with E-state index in [0.29, 0.717) is 5.71 Å². The molecule has 0 radical (unpaired) electrons. The van der Waals surface area contributed by atoms with Crippen LogP contribution in [-0.2, 0) is 0 Å². The zero-order valence-corrected chi connectivity index (χ0v) is 11.7. The molecule has 0 rings (SSSR count). The Labute approximate surface area is 110 Å². The van der Waals surface area contributed by atoms with Crippen LogP contribution in [0.4, 0.5) is 0 Å². The van der Waals surface area contributed by atoms with Crippen molar-refractivity contribution in [3.63, 3.8) is 0 Å². The number of hydrogen-bond donors (Lipinski definition) is 2. The van der Waals surface area contributed by atoms with Gasteiger partial charge in [0.1, 0.15) is 0 Å². The summed E-state index contributed by atoms with van der Waals surface area (Å²) in [5.74, 6) is 0. The van der Waals surface area contributed by atoms with E-state index in [9.17, 15) is 0 Å². The fourth-order valence-corrected chi connectivity index (χ4v) is 1.57. The van der Waals surface area contributed by atoms with Gasteiger partial charge in [-0.15, -0.1) is 0 Å². The number of rotatable bonds is 8. The average molecular weight is 251 g/mol. The molecule has 0 aromatic carbocycles. The lowest BCUT2D eigenvalue weighted by Crippen LogP contribution is -1.99. The van der Waals surface area contributed by atoms with Gasteiger partial charge in [-0.1, -0.05) is 35.0 Å². The minimum atomic E-state index is 0.115. The average Bonchev–Trinajstić information content (AvgIpc) is 2.29. The van der Waals surface area contributed by atoms with Gasteiger partial charge < -0.3 is 10.3 Å². The summed E-state index contributed by atoms with van der Waals surface area (Å²) in [5.41, 5.74) is 3.97. The fourth-order valence-electron chi connectivity index (χ4n) is 1.57. The van der Waals surface area contributed by atoms with Gasteiger partial charge in [0.25, 0.3) is 0 Å². The normalized spacial score (nSPS) is 13.9. The second-order valence-corrected chi connectivity index (χ2v) is 4.65. The van der Waals surface area contributed by atoms with Crippen LogP contribution in [0.3, 0.4) is 0 Å². The van der Waals surface area contributed by atoms with Gasteiger partial charge >= 0.3 is 0 Å². The van der Waals surface area contributed by atoms with E-state index in [-0.39, 0.29) is 6.61 Å². The van der Waals surface area contributed by atoms with Crippen molar-refractivity contribution in [3.8, 4) is 0 Å². The van der Waals surface area contributed by atoms with E-state index in [0.717, 1.165) is 31.3 Å². The Bertz CT molecular complexity index is 352. The molecule has 0 saturated carbocycles. The summed E-state index contributed by atoms with van der Waals surface area (Å²) in [6.45, 7) is 9.83. The molecule has 3 heteroatoms. The molecule has 0 aliphatic heterocycles. The second kappa shape index (κ2) is 9.66. The van der Waals surface area contributed by atoms with Crippen LogP contribution in [0, 0.1) is 0 Å². The first-order valence-electron chi connectivity index (χ1n) is 6.30. The summed E-state index contributed by atoms with van der Waals surface area (Å²) in [6.07, 6.45) is 7.59. The molecule has 0 saturated heterocycles. The second-order valence-electron chi connectivity index (χ2n) is 4.65. The zero-order valence-electron chi connectivity index (χ0n) is 11.7. The first-order chi connectivity index (χ1) is 8.51. The first-order valence-corrected chi connectivity index (χ1v) is 6.30. The summed E-state index contributed by atoms with van der Waals surface area (Å²) in [4.78, 5) is 0. The number of aliphatic hydroxyl groups excluding tert-OH is 1. The van der Waals surface area contributed by atoms with Crippen LogP contribution in [-0.4, -0.2) is 22.6 Å². The van der Waals surface area contributed by atoms with Gasteiger partial charge in [0.2, 0.25) is 0 Å². The third-order valence-corrected chi connectivity index (χ3v) is 2.84. The van der Waals surface area contributed by atoms with Crippen LogP contribution < -0.4 is 0 Å². The van der Waals surface area contributed by atoms with Gasteiger partial charge in [-0.3, -0.25) is 0 Å². The maximum atomic E-state index is 8.79. The van der Waals surface area contributed by atoms with Crippen molar-refractivity contribution in [3.05, 3.63) is 35.5 Å². The van der Waals surface area contributed by atoms with Crippen LogP contribution in [0.25, 0.3) is 0 Å². The highest BCUT2D eigenvalue weighted by Crippen LogP contribution is 2.12. The molecule has 0 aliphatic rings. The van der Waals surface area contributed by atoms with Gasteiger partial charge in [0.15, 0.2) is 0 Å².